The van der Waals surface area contributed by atoms with E-state index in [0.29, 0.717) is 43.6 Å². The number of aromatic nitrogens is 2. The first-order valence-electron chi connectivity index (χ1n) is 11.7. The van der Waals surface area contributed by atoms with Crippen LogP contribution in [0.25, 0.3) is 0 Å². The quantitative estimate of drug-likeness (QED) is 0.587. The summed E-state index contributed by atoms with van der Waals surface area (Å²) in [5.41, 5.74) is 5.79. The molecule has 1 aromatic heterocycles. The highest BCUT2D eigenvalue weighted by Gasteiger charge is 2.39. The monoisotopic (exact) mass is 526 g/mol. The lowest BCUT2D eigenvalue weighted by Gasteiger charge is -2.41. The lowest BCUT2D eigenvalue weighted by Crippen LogP contribution is -2.49. The number of hydrogen-bond acceptors (Lipinski definition) is 6. The Morgan fingerprint density at radius 1 is 1.17 bits per heavy atom. The van der Waals surface area contributed by atoms with Crippen LogP contribution >= 0.6 is 0 Å². The fourth-order valence-electron chi connectivity index (χ4n) is 4.26. The van der Waals surface area contributed by atoms with Gasteiger partial charge in [0.15, 0.2) is 0 Å². The first-order valence-corrected chi connectivity index (χ1v) is 13.2. The molecular formula is C24H32F2N4O5S. The van der Waals surface area contributed by atoms with Crippen LogP contribution in [0.1, 0.15) is 68.6 Å². The van der Waals surface area contributed by atoms with Crippen molar-refractivity contribution in [3.05, 3.63) is 47.3 Å². The minimum atomic E-state index is -4.70. The Hall–Kier alpha value is -3.02. The Bertz CT molecular complexity index is 1210. The predicted molar refractivity (Wildman–Crippen MR) is 128 cm³/mol. The zero-order valence-corrected chi connectivity index (χ0v) is 21.6. The van der Waals surface area contributed by atoms with E-state index in [2.05, 4.69) is 5.10 Å². The van der Waals surface area contributed by atoms with Crippen molar-refractivity contribution in [2.24, 2.45) is 5.73 Å². The molecule has 0 atom stereocenters. The standard InChI is InChI=1S/C24H32F2N4O5S/c1-5-24(10-12-29(13-11-24)22(32)35-23(2,3)4)30-15-18(20(27)31)19(28-30)14-16-6-8-17(9-7-16)36(33,34)21(25)26/h6-9,15,21H,5,10-14H2,1-4H3,(H2,27,31). The molecule has 0 aliphatic carbocycles. The lowest BCUT2D eigenvalue weighted by molar-refractivity contribution is 0.00947. The van der Waals surface area contributed by atoms with Gasteiger partial charge in [0.25, 0.3) is 5.91 Å². The van der Waals surface area contributed by atoms with Crippen LogP contribution < -0.4 is 5.73 Å². The number of nitrogens with two attached hydrogens (primary N) is 1. The summed E-state index contributed by atoms with van der Waals surface area (Å²) in [6.07, 6.45) is 3.30. The fraction of sp³-hybridized carbons (Fsp3) is 0.542. The molecule has 0 saturated carbocycles. The molecule has 2 N–H and O–H groups in total. The van der Waals surface area contributed by atoms with Crippen LogP contribution in [0.3, 0.4) is 0 Å². The highest BCUT2D eigenvalue weighted by molar-refractivity contribution is 7.91. The summed E-state index contributed by atoms with van der Waals surface area (Å²) in [6.45, 7) is 8.37. The molecule has 1 saturated heterocycles. The molecule has 0 unspecified atom stereocenters. The minimum Gasteiger partial charge on any atom is -0.444 e. The molecule has 2 aromatic rings. The van der Waals surface area contributed by atoms with Crippen molar-refractivity contribution in [3.8, 4) is 0 Å². The predicted octanol–water partition coefficient (Wildman–Crippen LogP) is 3.71. The van der Waals surface area contributed by atoms with Gasteiger partial charge in [-0.1, -0.05) is 19.1 Å². The number of hydrogen-bond donors (Lipinski definition) is 1. The van der Waals surface area contributed by atoms with Gasteiger partial charge in [0.05, 0.1) is 21.7 Å². The van der Waals surface area contributed by atoms with E-state index in [1.165, 1.54) is 12.1 Å². The Morgan fingerprint density at radius 3 is 2.22 bits per heavy atom. The maximum Gasteiger partial charge on any atom is 0.410 e. The smallest absolute Gasteiger partial charge is 0.410 e. The Balaban J connectivity index is 1.82. The molecule has 1 aliphatic rings. The van der Waals surface area contributed by atoms with Crippen molar-refractivity contribution in [2.75, 3.05) is 13.1 Å². The van der Waals surface area contributed by atoms with Crippen molar-refractivity contribution in [3.63, 3.8) is 0 Å². The van der Waals surface area contributed by atoms with Crippen molar-refractivity contribution in [1.82, 2.24) is 14.7 Å². The zero-order chi connectivity index (χ0) is 26.9. The molecule has 0 radical (unpaired) electrons. The first kappa shape index (κ1) is 27.6. The summed E-state index contributed by atoms with van der Waals surface area (Å²) >= 11 is 0. The summed E-state index contributed by atoms with van der Waals surface area (Å²) in [6, 6.07) is 5.04. The largest absolute Gasteiger partial charge is 0.444 e. The van der Waals surface area contributed by atoms with Crippen LogP contribution in [0.4, 0.5) is 13.6 Å². The normalized spacial score (nSPS) is 16.2. The third-order valence-corrected chi connectivity index (χ3v) is 7.80. The summed E-state index contributed by atoms with van der Waals surface area (Å²) in [7, 11) is -4.70. The molecule has 1 aromatic carbocycles. The van der Waals surface area contributed by atoms with Gasteiger partial charge < -0.3 is 15.4 Å². The Labute approximate surface area is 209 Å². The van der Waals surface area contributed by atoms with E-state index >= 15 is 0 Å². The molecule has 1 fully saturated rings. The summed E-state index contributed by atoms with van der Waals surface area (Å²) in [5.74, 6) is -4.17. The number of likely N-dealkylation sites (tertiary alicyclic amines) is 1. The van der Waals surface area contributed by atoms with E-state index in [-0.39, 0.29) is 18.1 Å². The number of nitrogens with zero attached hydrogens (tertiary/aromatic N) is 3. The number of benzene rings is 1. The van der Waals surface area contributed by atoms with Gasteiger partial charge in [-0.2, -0.15) is 13.9 Å². The van der Waals surface area contributed by atoms with Crippen LogP contribution in [0.2, 0.25) is 0 Å². The van der Waals surface area contributed by atoms with Gasteiger partial charge in [-0.25, -0.2) is 13.2 Å². The highest BCUT2D eigenvalue weighted by Crippen LogP contribution is 2.34. The van der Waals surface area contributed by atoms with Crippen LogP contribution in [-0.4, -0.2) is 59.5 Å². The topological polar surface area (TPSA) is 125 Å². The second-order valence-corrected chi connectivity index (χ2v) is 11.9. The fourth-order valence-corrected chi connectivity index (χ4v) is 4.98. The number of alkyl halides is 2. The number of primary amides is 1. The number of rotatable bonds is 7. The maximum atomic E-state index is 12.8. The molecule has 9 nitrogen and oxygen atoms in total. The van der Waals surface area contributed by atoms with Gasteiger partial charge in [-0.15, -0.1) is 0 Å². The van der Waals surface area contributed by atoms with E-state index in [4.69, 9.17) is 10.5 Å². The first-order chi connectivity index (χ1) is 16.7. The van der Waals surface area contributed by atoms with Crippen LogP contribution in [0.15, 0.2) is 35.4 Å². The molecular weight excluding hydrogens is 494 g/mol. The number of carbonyl (C=O) groups is 2. The molecule has 198 valence electrons. The Kier molecular flexibility index (Phi) is 7.77. The van der Waals surface area contributed by atoms with E-state index in [1.54, 1.807) is 15.8 Å². The van der Waals surface area contributed by atoms with E-state index in [0.717, 1.165) is 12.1 Å². The van der Waals surface area contributed by atoms with Crippen LogP contribution in [-0.2, 0) is 26.5 Å². The number of piperidine rings is 1. The number of carbonyl (C=O) groups excluding carboxylic acids is 2. The summed E-state index contributed by atoms with van der Waals surface area (Å²) in [5, 5.41) is 4.67. The molecule has 3 rings (SSSR count). The average molecular weight is 527 g/mol. The number of amides is 2. The van der Waals surface area contributed by atoms with Gasteiger partial charge in [0.1, 0.15) is 5.60 Å². The minimum absolute atomic E-state index is 0.157. The van der Waals surface area contributed by atoms with Crippen molar-refractivity contribution in [1.29, 1.82) is 0 Å². The van der Waals surface area contributed by atoms with Crippen LogP contribution in [0.5, 0.6) is 0 Å². The maximum absolute atomic E-state index is 12.8. The molecule has 0 bridgehead atoms. The molecule has 2 amide bonds. The zero-order valence-electron chi connectivity index (χ0n) is 20.8. The van der Waals surface area contributed by atoms with Crippen molar-refractivity contribution in [2.45, 2.75) is 75.2 Å². The van der Waals surface area contributed by atoms with E-state index in [1.807, 2.05) is 27.7 Å². The van der Waals surface area contributed by atoms with Gasteiger partial charge >= 0.3 is 11.9 Å². The highest BCUT2D eigenvalue weighted by atomic mass is 32.2. The molecule has 12 heteroatoms. The average Bonchev–Trinajstić information content (AvgIpc) is 3.23. The number of halogens is 2. The van der Waals surface area contributed by atoms with Gasteiger partial charge in [0, 0.05) is 25.7 Å². The third-order valence-electron chi connectivity index (χ3n) is 6.40. The molecule has 36 heavy (non-hydrogen) atoms. The van der Waals surface area contributed by atoms with Gasteiger partial charge in [0.2, 0.25) is 9.84 Å². The molecule has 2 heterocycles. The van der Waals surface area contributed by atoms with Crippen LogP contribution in [0, 0.1) is 0 Å². The SMILES string of the molecule is CCC1(n2cc(C(N)=O)c(Cc3ccc(S(=O)(=O)C(F)F)cc3)n2)CCN(C(=O)OC(C)(C)C)CC1. The summed E-state index contributed by atoms with van der Waals surface area (Å²) in [4.78, 5) is 25.8. The van der Waals surface area contributed by atoms with Gasteiger partial charge in [-0.3, -0.25) is 9.48 Å². The second kappa shape index (κ2) is 10.2. The van der Waals surface area contributed by atoms with Gasteiger partial charge in [-0.05, 0) is 57.7 Å². The molecule has 1 aliphatic heterocycles. The van der Waals surface area contributed by atoms with E-state index < -0.39 is 37.5 Å². The van der Waals surface area contributed by atoms with Crippen molar-refractivity contribution < 1.29 is 31.5 Å². The number of ether oxygens (including phenoxy) is 1. The second-order valence-electron chi connectivity index (χ2n) is 9.97. The lowest BCUT2D eigenvalue weighted by atomic mass is 9.85. The third kappa shape index (κ3) is 5.85. The van der Waals surface area contributed by atoms with E-state index in [9.17, 15) is 26.8 Å². The summed E-state index contributed by atoms with van der Waals surface area (Å²) < 4.78 is 56.1. The Morgan fingerprint density at radius 2 is 1.75 bits per heavy atom. The molecule has 0 spiro atoms. The van der Waals surface area contributed by atoms with Crippen molar-refractivity contribution >= 4 is 21.8 Å². The number of sulfone groups is 1.